The van der Waals surface area contributed by atoms with Crippen molar-refractivity contribution < 1.29 is 4.79 Å². The van der Waals surface area contributed by atoms with Crippen molar-refractivity contribution in [2.75, 3.05) is 0 Å². The third-order valence-corrected chi connectivity index (χ3v) is 4.29. The van der Waals surface area contributed by atoms with Crippen LogP contribution < -0.4 is 10.6 Å². The van der Waals surface area contributed by atoms with E-state index in [1.807, 2.05) is 38.1 Å². The van der Waals surface area contributed by atoms with Crippen molar-refractivity contribution in [1.29, 1.82) is 0 Å². The van der Waals surface area contributed by atoms with E-state index in [4.69, 9.17) is 0 Å². The minimum Gasteiger partial charge on any atom is -0.335 e. The Kier molecular flexibility index (Phi) is 5.29. The first kappa shape index (κ1) is 17.0. The number of aromatic nitrogens is 1. The monoisotopic (exact) mass is 333 g/mol. The Morgan fingerprint density at radius 3 is 2.44 bits per heavy atom. The first-order valence-electron chi connectivity index (χ1n) is 8.56. The van der Waals surface area contributed by atoms with Crippen molar-refractivity contribution >= 4 is 16.8 Å². The first-order valence-corrected chi connectivity index (χ1v) is 8.56. The van der Waals surface area contributed by atoms with Gasteiger partial charge in [0.2, 0.25) is 0 Å². The number of amides is 2. The van der Waals surface area contributed by atoms with Gasteiger partial charge in [-0.2, -0.15) is 0 Å². The zero-order valence-corrected chi connectivity index (χ0v) is 14.6. The molecule has 25 heavy (non-hydrogen) atoms. The molecule has 2 aromatic carbocycles. The number of benzene rings is 2. The number of rotatable bonds is 5. The normalized spacial score (nSPS) is 13.2. The van der Waals surface area contributed by atoms with Gasteiger partial charge in [0.05, 0.1) is 6.04 Å². The predicted molar refractivity (Wildman–Crippen MR) is 101 cm³/mol. The van der Waals surface area contributed by atoms with E-state index in [1.165, 1.54) is 16.3 Å². The second kappa shape index (κ2) is 7.79. The molecule has 3 aromatic rings. The second-order valence-corrected chi connectivity index (χ2v) is 6.41. The number of carbonyl (C=O) groups is 1. The van der Waals surface area contributed by atoms with Crippen LogP contribution >= 0.6 is 0 Å². The Bertz CT molecular complexity index is 848. The topological polar surface area (TPSA) is 54.0 Å². The summed E-state index contributed by atoms with van der Waals surface area (Å²) in [4.78, 5) is 16.2. The highest BCUT2D eigenvalue weighted by Crippen LogP contribution is 2.16. The maximum Gasteiger partial charge on any atom is 0.315 e. The fraction of sp³-hybridized carbons (Fsp3) is 0.238. The maximum absolute atomic E-state index is 12.2. The lowest BCUT2D eigenvalue weighted by Crippen LogP contribution is -2.42. The van der Waals surface area contributed by atoms with Crippen LogP contribution in [0.5, 0.6) is 0 Å². The molecule has 3 rings (SSSR count). The SMILES string of the molecule is C[C@H](NC(=O)N[C@@H](C)Cc1ccc2ccccc2c1)c1ccncc1. The van der Waals surface area contributed by atoms with Crippen LogP contribution in [0.3, 0.4) is 0 Å². The highest BCUT2D eigenvalue weighted by atomic mass is 16.2. The largest absolute Gasteiger partial charge is 0.335 e. The highest BCUT2D eigenvalue weighted by molar-refractivity contribution is 5.83. The molecule has 1 aromatic heterocycles. The summed E-state index contributed by atoms with van der Waals surface area (Å²) in [5, 5.41) is 8.43. The number of nitrogens with one attached hydrogen (secondary N) is 2. The summed E-state index contributed by atoms with van der Waals surface area (Å²) in [6, 6.07) is 18.4. The zero-order chi connectivity index (χ0) is 17.6. The predicted octanol–water partition coefficient (Wildman–Crippen LogP) is 4.23. The molecule has 0 fully saturated rings. The maximum atomic E-state index is 12.2. The van der Waals surface area contributed by atoms with Crippen molar-refractivity contribution in [3.63, 3.8) is 0 Å². The average molecular weight is 333 g/mol. The third-order valence-electron chi connectivity index (χ3n) is 4.29. The lowest BCUT2D eigenvalue weighted by Gasteiger charge is -2.18. The van der Waals surface area contributed by atoms with Gasteiger partial charge >= 0.3 is 6.03 Å². The summed E-state index contributed by atoms with van der Waals surface area (Å²) >= 11 is 0. The Hall–Kier alpha value is -2.88. The lowest BCUT2D eigenvalue weighted by atomic mass is 10.0. The van der Waals surface area contributed by atoms with E-state index in [0.29, 0.717) is 0 Å². The van der Waals surface area contributed by atoms with Gasteiger partial charge in [0.15, 0.2) is 0 Å². The van der Waals surface area contributed by atoms with Crippen LogP contribution in [-0.4, -0.2) is 17.1 Å². The van der Waals surface area contributed by atoms with Crippen LogP contribution in [0.25, 0.3) is 10.8 Å². The van der Waals surface area contributed by atoms with Gasteiger partial charge in [-0.15, -0.1) is 0 Å². The van der Waals surface area contributed by atoms with Gasteiger partial charge < -0.3 is 10.6 Å². The number of fused-ring (bicyclic) bond motifs is 1. The van der Waals surface area contributed by atoms with Crippen molar-refractivity contribution in [3.8, 4) is 0 Å². The van der Waals surface area contributed by atoms with Crippen molar-refractivity contribution in [3.05, 3.63) is 78.1 Å². The van der Waals surface area contributed by atoms with Crippen LogP contribution in [0, 0.1) is 0 Å². The van der Waals surface area contributed by atoms with Crippen LogP contribution in [0.2, 0.25) is 0 Å². The molecule has 1 heterocycles. The van der Waals surface area contributed by atoms with E-state index in [-0.39, 0.29) is 18.1 Å². The summed E-state index contributed by atoms with van der Waals surface area (Å²) in [5.41, 5.74) is 2.25. The van der Waals surface area contributed by atoms with Gasteiger partial charge in [-0.25, -0.2) is 4.79 Å². The molecule has 128 valence electrons. The number of hydrogen-bond donors (Lipinski definition) is 2. The molecule has 0 radical (unpaired) electrons. The molecule has 0 bridgehead atoms. The van der Waals surface area contributed by atoms with Crippen molar-refractivity contribution in [1.82, 2.24) is 15.6 Å². The molecule has 0 spiro atoms. The van der Waals surface area contributed by atoms with Gasteiger partial charge in [-0.05, 0) is 54.3 Å². The summed E-state index contributed by atoms with van der Waals surface area (Å²) in [6.07, 6.45) is 4.25. The van der Waals surface area contributed by atoms with Crippen LogP contribution in [0.1, 0.15) is 31.0 Å². The Balaban J connectivity index is 1.55. The molecule has 2 N–H and O–H groups in total. The van der Waals surface area contributed by atoms with E-state index < -0.39 is 0 Å². The molecule has 0 aliphatic rings. The molecule has 0 aliphatic carbocycles. The summed E-state index contributed by atoms with van der Waals surface area (Å²) in [7, 11) is 0. The highest BCUT2D eigenvalue weighted by Gasteiger charge is 2.12. The Morgan fingerprint density at radius 1 is 0.960 bits per heavy atom. The number of nitrogens with zero attached hydrogens (tertiary/aromatic N) is 1. The van der Waals surface area contributed by atoms with E-state index in [0.717, 1.165) is 12.0 Å². The van der Waals surface area contributed by atoms with Gasteiger partial charge in [0.1, 0.15) is 0 Å². The van der Waals surface area contributed by atoms with Crippen LogP contribution in [0.4, 0.5) is 4.79 Å². The van der Waals surface area contributed by atoms with Crippen molar-refractivity contribution in [2.45, 2.75) is 32.4 Å². The molecule has 0 saturated heterocycles. The smallest absolute Gasteiger partial charge is 0.315 e. The number of pyridine rings is 1. The Morgan fingerprint density at radius 2 is 1.68 bits per heavy atom. The number of urea groups is 1. The number of carbonyl (C=O) groups excluding carboxylic acids is 1. The van der Waals surface area contributed by atoms with Gasteiger partial charge in [-0.1, -0.05) is 42.5 Å². The zero-order valence-electron chi connectivity index (χ0n) is 14.6. The molecule has 0 aliphatic heterocycles. The molecule has 0 saturated carbocycles. The Labute approximate surface area is 148 Å². The minimum absolute atomic E-state index is 0.0470. The molecular weight excluding hydrogens is 310 g/mol. The van der Waals surface area contributed by atoms with Gasteiger partial charge in [0.25, 0.3) is 0 Å². The van der Waals surface area contributed by atoms with Crippen LogP contribution in [-0.2, 0) is 6.42 Å². The van der Waals surface area contributed by atoms with Crippen molar-refractivity contribution in [2.24, 2.45) is 0 Å². The minimum atomic E-state index is -0.155. The lowest BCUT2D eigenvalue weighted by molar-refractivity contribution is 0.234. The third kappa shape index (κ3) is 4.57. The molecule has 4 nitrogen and oxygen atoms in total. The van der Waals surface area contributed by atoms with E-state index in [2.05, 4.69) is 45.9 Å². The molecular formula is C21H23N3O. The second-order valence-electron chi connectivity index (χ2n) is 6.41. The summed E-state index contributed by atoms with van der Waals surface area (Å²) in [6.45, 7) is 3.98. The van der Waals surface area contributed by atoms with E-state index in [9.17, 15) is 4.79 Å². The number of hydrogen-bond acceptors (Lipinski definition) is 2. The fourth-order valence-corrected chi connectivity index (χ4v) is 2.97. The van der Waals surface area contributed by atoms with E-state index in [1.54, 1.807) is 12.4 Å². The van der Waals surface area contributed by atoms with Crippen LogP contribution in [0.15, 0.2) is 67.0 Å². The quantitative estimate of drug-likeness (QED) is 0.734. The summed E-state index contributed by atoms with van der Waals surface area (Å²) < 4.78 is 0. The molecule has 4 heteroatoms. The van der Waals surface area contributed by atoms with E-state index >= 15 is 0 Å². The fourth-order valence-electron chi connectivity index (χ4n) is 2.97. The van der Waals surface area contributed by atoms with Gasteiger partial charge in [0, 0.05) is 18.4 Å². The molecule has 2 atom stereocenters. The molecule has 2 amide bonds. The van der Waals surface area contributed by atoms with Gasteiger partial charge in [-0.3, -0.25) is 4.98 Å². The molecule has 0 unspecified atom stereocenters. The first-order chi connectivity index (χ1) is 12.1. The standard InChI is InChI=1S/C21H23N3O/c1-15(13-17-7-8-19-5-3-4-6-20(19)14-17)23-21(25)24-16(2)18-9-11-22-12-10-18/h3-12,14-16H,13H2,1-2H3,(H2,23,24,25)/t15-,16-/m0/s1. The average Bonchev–Trinajstić information content (AvgIpc) is 2.62. The summed E-state index contributed by atoms with van der Waals surface area (Å²) in [5.74, 6) is 0.